The summed E-state index contributed by atoms with van der Waals surface area (Å²) < 4.78 is 56.1. The van der Waals surface area contributed by atoms with E-state index in [0.717, 1.165) is 26.2 Å². The summed E-state index contributed by atoms with van der Waals surface area (Å²) in [6.07, 6.45) is 0. The number of fused-ring (bicyclic) bond motifs is 3. The fourth-order valence-electron chi connectivity index (χ4n) is 5.00. The maximum absolute atomic E-state index is 13.3. The number of hydrogen-bond acceptors (Lipinski definition) is 6. The Bertz CT molecular complexity index is 1290. The average Bonchev–Trinajstić information content (AvgIpc) is 3.16. The quantitative estimate of drug-likeness (QED) is 0.270. The third kappa shape index (κ3) is 4.17. The SMILES string of the molecule is C[NH+]1CCN(S(=O)(=O)c2ccc3c(c2)C(=NO)c2cc(S(=O)(=O)N4CC[NH+](C)CC4)ccc2-3)CC1. The zero-order valence-corrected chi connectivity index (χ0v) is 21.5. The van der Waals surface area contributed by atoms with E-state index in [-0.39, 0.29) is 15.5 Å². The van der Waals surface area contributed by atoms with Crippen LogP contribution in [-0.4, -0.2) is 103 Å². The smallest absolute Gasteiger partial charge is 0.243 e. The molecule has 2 aromatic carbocycles. The van der Waals surface area contributed by atoms with Crippen LogP contribution in [-0.2, 0) is 20.0 Å². The van der Waals surface area contributed by atoms with Crippen molar-refractivity contribution in [1.29, 1.82) is 0 Å². The lowest BCUT2D eigenvalue weighted by Gasteiger charge is -2.29. The molecule has 35 heavy (non-hydrogen) atoms. The van der Waals surface area contributed by atoms with Crippen molar-refractivity contribution in [3.05, 3.63) is 47.5 Å². The topological polar surface area (TPSA) is 116 Å². The van der Waals surface area contributed by atoms with Crippen LogP contribution in [0.25, 0.3) is 11.1 Å². The van der Waals surface area contributed by atoms with E-state index in [1.54, 1.807) is 24.3 Å². The van der Waals surface area contributed by atoms with Crippen LogP contribution in [0.4, 0.5) is 0 Å². The number of sulfonamides is 2. The standard InChI is InChI=1S/C23H29N5O5S2/c1-25-7-11-27(12-8-25)34(30,31)17-3-5-19-20-6-4-18(16-22(20)23(24-29)21(19)15-17)35(32,33)28-13-9-26(2)10-14-28/h3-6,15-16,29H,7-14H2,1-2H3/p+2. The van der Waals surface area contributed by atoms with E-state index in [1.165, 1.54) is 30.5 Å². The molecule has 2 fully saturated rings. The summed E-state index contributed by atoms with van der Waals surface area (Å²) in [5.41, 5.74) is 2.54. The molecule has 1 aliphatic carbocycles. The minimum absolute atomic E-state index is 0.137. The van der Waals surface area contributed by atoms with Gasteiger partial charge in [-0.3, -0.25) is 0 Å². The monoisotopic (exact) mass is 521 g/mol. The molecule has 5 rings (SSSR count). The number of nitrogens with one attached hydrogen (secondary N) is 2. The summed E-state index contributed by atoms with van der Waals surface area (Å²) >= 11 is 0. The molecule has 2 aliphatic heterocycles. The molecule has 2 saturated heterocycles. The molecule has 0 spiro atoms. The van der Waals surface area contributed by atoms with E-state index in [2.05, 4.69) is 5.16 Å². The Kier molecular flexibility index (Phi) is 6.22. The molecule has 0 unspecified atom stereocenters. The van der Waals surface area contributed by atoms with Gasteiger partial charge in [0.1, 0.15) is 5.71 Å². The number of nitrogens with zero attached hydrogens (tertiary/aromatic N) is 3. The van der Waals surface area contributed by atoms with Crippen LogP contribution in [0.1, 0.15) is 11.1 Å². The third-order valence-corrected chi connectivity index (χ3v) is 11.1. The van der Waals surface area contributed by atoms with Crippen LogP contribution in [0.5, 0.6) is 0 Å². The second-order valence-corrected chi connectivity index (χ2v) is 13.5. The summed E-state index contributed by atoms with van der Waals surface area (Å²) in [6.45, 7) is 4.75. The summed E-state index contributed by atoms with van der Waals surface area (Å²) in [5, 5.41) is 13.3. The van der Waals surface area contributed by atoms with Gasteiger partial charge in [0.2, 0.25) is 20.0 Å². The lowest BCUT2D eigenvalue weighted by Crippen LogP contribution is -3.12. The van der Waals surface area contributed by atoms with Crippen LogP contribution in [0.3, 0.4) is 0 Å². The Hall–Kier alpha value is -2.35. The van der Waals surface area contributed by atoms with Crippen LogP contribution >= 0.6 is 0 Å². The van der Waals surface area contributed by atoms with Crippen molar-refractivity contribution in [3.63, 3.8) is 0 Å². The number of oxime groups is 1. The van der Waals surface area contributed by atoms with E-state index in [0.29, 0.717) is 48.4 Å². The summed E-state index contributed by atoms with van der Waals surface area (Å²) in [7, 11) is -3.31. The molecule has 3 N–H and O–H groups in total. The minimum atomic E-state index is -3.70. The molecule has 0 radical (unpaired) electrons. The Morgan fingerprint density at radius 2 is 1.06 bits per heavy atom. The number of benzene rings is 2. The van der Waals surface area contributed by atoms with Crippen molar-refractivity contribution in [3.8, 4) is 11.1 Å². The van der Waals surface area contributed by atoms with E-state index in [9.17, 15) is 22.0 Å². The van der Waals surface area contributed by atoms with Crippen molar-refractivity contribution in [1.82, 2.24) is 8.61 Å². The minimum Gasteiger partial charge on any atom is -0.410 e. The van der Waals surface area contributed by atoms with Gasteiger partial charge in [-0.05, 0) is 35.4 Å². The van der Waals surface area contributed by atoms with Crippen LogP contribution < -0.4 is 9.80 Å². The first-order chi connectivity index (χ1) is 16.6. The molecule has 0 saturated carbocycles. The number of rotatable bonds is 4. The Labute approximate surface area is 206 Å². The van der Waals surface area contributed by atoms with Crippen molar-refractivity contribution < 1.29 is 31.8 Å². The molecule has 12 heteroatoms. The molecular formula is C23H31N5O5S2+2. The Morgan fingerprint density at radius 3 is 1.40 bits per heavy atom. The lowest BCUT2D eigenvalue weighted by molar-refractivity contribution is -0.883. The van der Waals surface area contributed by atoms with E-state index >= 15 is 0 Å². The molecule has 188 valence electrons. The maximum atomic E-state index is 13.3. The average molecular weight is 522 g/mol. The molecule has 2 heterocycles. The van der Waals surface area contributed by atoms with Crippen molar-refractivity contribution in [2.45, 2.75) is 9.79 Å². The van der Waals surface area contributed by atoms with Crippen LogP contribution in [0.15, 0.2) is 51.3 Å². The molecular weight excluding hydrogens is 490 g/mol. The van der Waals surface area contributed by atoms with Gasteiger partial charge in [-0.1, -0.05) is 17.3 Å². The third-order valence-electron chi connectivity index (χ3n) is 7.31. The lowest BCUT2D eigenvalue weighted by atomic mass is 10.1. The van der Waals surface area contributed by atoms with Gasteiger partial charge in [-0.2, -0.15) is 8.61 Å². The normalized spacial score (nSPS) is 20.6. The van der Waals surface area contributed by atoms with E-state index in [4.69, 9.17) is 0 Å². The Morgan fingerprint density at radius 1 is 0.686 bits per heavy atom. The summed E-state index contributed by atoms with van der Waals surface area (Å²) in [6, 6.07) is 9.61. The summed E-state index contributed by atoms with van der Waals surface area (Å²) in [4.78, 5) is 2.85. The van der Waals surface area contributed by atoms with Crippen molar-refractivity contribution >= 4 is 25.8 Å². The molecule has 0 amide bonds. The molecule has 2 aromatic rings. The van der Waals surface area contributed by atoms with E-state index < -0.39 is 20.0 Å². The first-order valence-electron chi connectivity index (χ1n) is 11.8. The summed E-state index contributed by atoms with van der Waals surface area (Å²) in [5.74, 6) is 0. The molecule has 0 atom stereocenters. The highest BCUT2D eigenvalue weighted by Gasteiger charge is 2.34. The van der Waals surface area contributed by atoms with Crippen LogP contribution in [0.2, 0.25) is 0 Å². The first-order valence-corrected chi connectivity index (χ1v) is 14.6. The van der Waals surface area contributed by atoms with Gasteiger partial charge in [0.05, 0.1) is 76.2 Å². The highest BCUT2D eigenvalue weighted by molar-refractivity contribution is 7.89. The highest BCUT2D eigenvalue weighted by atomic mass is 32.2. The maximum Gasteiger partial charge on any atom is 0.243 e. The predicted octanol–water partition coefficient (Wildman–Crippen LogP) is -2.07. The second-order valence-electron chi connectivity index (χ2n) is 9.59. The zero-order valence-electron chi connectivity index (χ0n) is 19.9. The van der Waals surface area contributed by atoms with Crippen molar-refractivity contribution in [2.24, 2.45) is 5.16 Å². The van der Waals surface area contributed by atoms with Gasteiger partial charge in [0, 0.05) is 11.1 Å². The fourth-order valence-corrected chi connectivity index (χ4v) is 7.93. The molecule has 10 nitrogen and oxygen atoms in total. The Balaban J connectivity index is 1.49. The molecule has 3 aliphatic rings. The van der Waals surface area contributed by atoms with Gasteiger partial charge >= 0.3 is 0 Å². The van der Waals surface area contributed by atoms with Gasteiger partial charge in [-0.25, -0.2) is 16.8 Å². The molecule has 0 aromatic heterocycles. The number of hydrogen-bond donors (Lipinski definition) is 3. The van der Waals surface area contributed by atoms with Gasteiger partial charge in [0.25, 0.3) is 0 Å². The predicted molar refractivity (Wildman–Crippen MR) is 130 cm³/mol. The van der Waals surface area contributed by atoms with Crippen molar-refractivity contribution in [2.75, 3.05) is 66.5 Å². The van der Waals surface area contributed by atoms with Gasteiger partial charge < -0.3 is 15.0 Å². The van der Waals surface area contributed by atoms with Gasteiger partial charge in [0.15, 0.2) is 0 Å². The van der Waals surface area contributed by atoms with Gasteiger partial charge in [-0.15, -0.1) is 0 Å². The second kappa shape index (κ2) is 8.95. The number of likely N-dealkylation sites (N-methyl/N-ethyl adjacent to an activating group) is 2. The zero-order chi connectivity index (χ0) is 25.0. The fraction of sp³-hybridized carbons (Fsp3) is 0.435. The first kappa shape index (κ1) is 24.3. The van der Waals surface area contributed by atoms with Crippen LogP contribution in [0, 0.1) is 0 Å². The number of quaternary nitrogens is 2. The molecule has 0 bridgehead atoms. The largest absolute Gasteiger partial charge is 0.410 e. The van der Waals surface area contributed by atoms with E-state index in [1.807, 2.05) is 14.1 Å². The highest BCUT2D eigenvalue weighted by Crippen LogP contribution is 2.39. The number of piperazine rings is 2.